The van der Waals surface area contributed by atoms with E-state index in [-0.39, 0.29) is 17.0 Å². The zero-order valence-corrected chi connectivity index (χ0v) is 12.8. The highest BCUT2D eigenvalue weighted by Gasteiger charge is 2.30. The molecule has 0 saturated carbocycles. The SMILES string of the molecule is CCC(NS(=O)(=O)N=C=O)S(=O)(=O)c1ccc([N+](=O)[O-])cc1. The minimum absolute atomic E-state index is 0.146. The summed E-state index contributed by atoms with van der Waals surface area (Å²) >= 11 is 0. The van der Waals surface area contributed by atoms with Crippen LogP contribution in [0.4, 0.5) is 5.69 Å². The van der Waals surface area contributed by atoms with E-state index in [1.165, 1.54) is 6.92 Å². The van der Waals surface area contributed by atoms with Gasteiger partial charge < -0.3 is 0 Å². The van der Waals surface area contributed by atoms with Crippen molar-refractivity contribution in [2.45, 2.75) is 23.6 Å². The van der Waals surface area contributed by atoms with E-state index in [0.717, 1.165) is 30.3 Å². The number of nitrogens with one attached hydrogen (secondary N) is 1. The number of benzene rings is 1. The summed E-state index contributed by atoms with van der Waals surface area (Å²) in [5.74, 6) is 0. The molecule has 12 heteroatoms. The molecular formula is C10H11N3O7S2. The van der Waals surface area contributed by atoms with E-state index in [2.05, 4.69) is 4.40 Å². The molecule has 0 aliphatic heterocycles. The Kier molecular flexibility index (Phi) is 5.49. The highest BCUT2D eigenvalue weighted by molar-refractivity contribution is 7.94. The lowest BCUT2D eigenvalue weighted by Gasteiger charge is -2.15. The van der Waals surface area contributed by atoms with Gasteiger partial charge in [0.05, 0.1) is 9.82 Å². The van der Waals surface area contributed by atoms with E-state index >= 15 is 0 Å². The lowest BCUT2D eigenvalue weighted by molar-refractivity contribution is -0.384. The van der Waals surface area contributed by atoms with E-state index < -0.39 is 30.3 Å². The van der Waals surface area contributed by atoms with Crippen molar-refractivity contribution in [3.05, 3.63) is 34.4 Å². The summed E-state index contributed by atoms with van der Waals surface area (Å²) in [6, 6.07) is 3.95. The lowest BCUT2D eigenvalue weighted by Crippen LogP contribution is -2.39. The van der Waals surface area contributed by atoms with Crippen LogP contribution in [0.15, 0.2) is 33.6 Å². The number of non-ortho nitro benzene ring substituents is 1. The molecule has 0 radical (unpaired) electrons. The topological polar surface area (TPSA) is 153 Å². The summed E-state index contributed by atoms with van der Waals surface area (Å²) in [5, 5.41) is 8.95. The Balaban J connectivity index is 3.19. The molecule has 1 rings (SSSR count). The van der Waals surface area contributed by atoms with Gasteiger partial charge in [0, 0.05) is 12.1 Å². The summed E-state index contributed by atoms with van der Waals surface area (Å²) in [4.78, 5) is 19.5. The van der Waals surface area contributed by atoms with Gasteiger partial charge in [-0.1, -0.05) is 11.3 Å². The van der Waals surface area contributed by atoms with Crippen molar-refractivity contribution < 1.29 is 26.6 Å². The van der Waals surface area contributed by atoms with Crippen LogP contribution in [-0.2, 0) is 24.8 Å². The molecule has 1 aromatic rings. The smallest absolute Gasteiger partial charge is 0.258 e. The van der Waals surface area contributed by atoms with Crippen molar-refractivity contribution in [1.29, 1.82) is 0 Å². The van der Waals surface area contributed by atoms with Crippen molar-refractivity contribution >= 4 is 31.8 Å². The standard InChI is InChI=1S/C10H11N3O7S2/c1-2-10(12-22(19,20)11-7-14)21(17,18)9-5-3-8(4-6-9)13(15)16/h3-6,10,12H,2H2,1H3. The second-order valence-electron chi connectivity index (χ2n) is 3.97. The molecular weight excluding hydrogens is 338 g/mol. The Labute approximate surface area is 126 Å². The van der Waals surface area contributed by atoms with Crippen LogP contribution in [0.1, 0.15) is 13.3 Å². The maximum absolute atomic E-state index is 12.3. The average molecular weight is 349 g/mol. The molecule has 0 heterocycles. The van der Waals surface area contributed by atoms with Crippen molar-refractivity contribution in [3.8, 4) is 0 Å². The quantitative estimate of drug-likeness (QED) is 0.321. The van der Waals surface area contributed by atoms with Gasteiger partial charge >= 0.3 is 10.2 Å². The second-order valence-corrected chi connectivity index (χ2v) is 7.47. The molecule has 0 bridgehead atoms. The fraction of sp³-hybridized carbons (Fsp3) is 0.300. The van der Waals surface area contributed by atoms with E-state index in [1.807, 2.05) is 0 Å². The molecule has 120 valence electrons. The van der Waals surface area contributed by atoms with Crippen molar-refractivity contribution in [2.75, 3.05) is 0 Å². The Bertz CT molecular complexity index is 809. The fourth-order valence-electron chi connectivity index (χ4n) is 1.53. The van der Waals surface area contributed by atoms with Gasteiger partial charge in [0.1, 0.15) is 5.37 Å². The third-order valence-corrected chi connectivity index (χ3v) is 5.74. The van der Waals surface area contributed by atoms with Gasteiger partial charge in [-0.15, -0.1) is 0 Å². The van der Waals surface area contributed by atoms with Crippen LogP contribution in [-0.4, -0.2) is 33.2 Å². The predicted molar refractivity (Wildman–Crippen MR) is 74.5 cm³/mol. The molecule has 0 saturated heterocycles. The third kappa shape index (κ3) is 4.18. The highest BCUT2D eigenvalue weighted by Crippen LogP contribution is 2.20. The average Bonchev–Trinajstić information content (AvgIpc) is 2.44. The Morgan fingerprint density at radius 2 is 1.82 bits per heavy atom. The minimum Gasteiger partial charge on any atom is -0.258 e. The molecule has 0 aliphatic carbocycles. The van der Waals surface area contributed by atoms with E-state index in [4.69, 9.17) is 0 Å². The summed E-state index contributed by atoms with van der Waals surface area (Å²) in [5.41, 5.74) is -0.307. The molecule has 22 heavy (non-hydrogen) atoms. The minimum atomic E-state index is -4.49. The van der Waals surface area contributed by atoms with Gasteiger partial charge in [0.25, 0.3) is 11.8 Å². The largest absolute Gasteiger partial charge is 0.331 e. The number of isocyanates is 1. The maximum Gasteiger partial charge on any atom is 0.331 e. The molecule has 0 spiro atoms. The monoisotopic (exact) mass is 349 g/mol. The van der Waals surface area contributed by atoms with Gasteiger partial charge in [-0.2, -0.15) is 13.1 Å². The third-order valence-electron chi connectivity index (χ3n) is 2.56. The van der Waals surface area contributed by atoms with E-state index in [0.29, 0.717) is 0 Å². The number of rotatable bonds is 7. The molecule has 1 aromatic carbocycles. The van der Waals surface area contributed by atoms with Gasteiger partial charge in [-0.25, -0.2) is 13.2 Å². The van der Waals surface area contributed by atoms with Crippen LogP contribution in [0.2, 0.25) is 0 Å². The molecule has 0 fully saturated rings. The number of hydrogen-bond donors (Lipinski definition) is 1. The van der Waals surface area contributed by atoms with Gasteiger partial charge in [0.15, 0.2) is 9.84 Å². The Hall–Kier alpha value is -2.14. The van der Waals surface area contributed by atoms with Crippen LogP contribution in [0.25, 0.3) is 0 Å². The van der Waals surface area contributed by atoms with Crippen molar-refractivity contribution in [1.82, 2.24) is 4.72 Å². The predicted octanol–water partition coefficient (Wildman–Crippen LogP) is 0.275. The summed E-state index contributed by atoms with van der Waals surface area (Å²) in [6.07, 6.45) is 0.657. The first-order valence-electron chi connectivity index (χ1n) is 5.74. The second kappa shape index (κ2) is 6.75. The summed E-state index contributed by atoms with van der Waals surface area (Å²) in [6.45, 7) is 1.40. The van der Waals surface area contributed by atoms with Crippen LogP contribution in [0, 0.1) is 10.1 Å². The highest BCUT2D eigenvalue weighted by atomic mass is 32.2. The molecule has 1 N–H and O–H groups in total. The molecule has 0 aromatic heterocycles. The number of sulfone groups is 1. The molecule has 1 atom stereocenters. The van der Waals surface area contributed by atoms with Crippen LogP contribution in [0.3, 0.4) is 0 Å². The van der Waals surface area contributed by atoms with Gasteiger partial charge in [0.2, 0.25) is 0 Å². The Morgan fingerprint density at radius 3 is 2.23 bits per heavy atom. The van der Waals surface area contributed by atoms with Crippen LogP contribution >= 0.6 is 0 Å². The first kappa shape index (κ1) is 17.9. The maximum atomic E-state index is 12.3. The number of nitrogens with zero attached hydrogens (tertiary/aromatic N) is 2. The Morgan fingerprint density at radius 1 is 1.27 bits per heavy atom. The first-order chi connectivity index (χ1) is 10.1. The molecule has 0 amide bonds. The number of hydrogen-bond acceptors (Lipinski definition) is 7. The van der Waals surface area contributed by atoms with E-state index in [9.17, 15) is 31.7 Å². The summed E-state index contributed by atoms with van der Waals surface area (Å²) < 4.78 is 51.5. The fourth-order valence-corrected chi connectivity index (χ4v) is 4.33. The zero-order chi connectivity index (χ0) is 17.0. The summed E-state index contributed by atoms with van der Waals surface area (Å²) in [7, 11) is -8.64. The van der Waals surface area contributed by atoms with Crippen LogP contribution in [0.5, 0.6) is 0 Å². The van der Waals surface area contributed by atoms with Gasteiger partial charge in [-0.3, -0.25) is 10.1 Å². The van der Waals surface area contributed by atoms with Crippen molar-refractivity contribution in [3.63, 3.8) is 0 Å². The molecule has 0 aliphatic rings. The molecule has 1 unspecified atom stereocenters. The number of nitro benzene ring substituents is 1. The van der Waals surface area contributed by atoms with Crippen LogP contribution < -0.4 is 4.72 Å². The normalized spacial score (nSPS) is 13.1. The van der Waals surface area contributed by atoms with E-state index in [1.54, 1.807) is 4.72 Å². The lowest BCUT2D eigenvalue weighted by atomic mass is 10.3. The van der Waals surface area contributed by atoms with Crippen molar-refractivity contribution in [2.24, 2.45) is 4.40 Å². The number of nitro groups is 1. The zero-order valence-electron chi connectivity index (χ0n) is 11.2. The van der Waals surface area contributed by atoms with Gasteiger partial charge in [-0.05, 0) is 18.6 Å². The molecule has 10 nitrogen and oxygen atoms in total. The number of carbonyl (C=O) groups excluding carboxylic acids is 1. The first-order valence-corrected chi connectivity index (χ1v) is 8.72.